The van der Waals surface area contributed by atoms with Crippen molar-refractivity contribution in [3.05, 3.63) is 64.4 Å². The number of ether oxygens (including phenoxy) is 2. The minimum Gasteiger partial charge on any atom is -0.493 e. The fourth-order valence-electron chi connectivity index (χ4n) is 3.44. The maximum absolute atomic E-state index is 12.7. The number of halogens is 1. The van der Waals surface area contributed by atoms with Gasteiger partial charge in [0, 0.05) is 16.9 Å². The summed E-state index contributed by atoms with van der Waals surface area (Å²) in [6.45, 7) is 9.37. The summed E-state index contributed by atoms with van der Waals surface area (Å²) in [5, 5.41) is 10.3. The number of hydrogen-bond acceptors (Lipinski definition) is 5. The topological polar surface area (TPSA) is 94.5 Å². The van der Waals surface area contributed by atoms with Crippen LogP contribution in [0.3, 0.4) is 0 Å². The predicted molar refractivity (Wildman–Crippen MR) is 133 cm³/mol. The Hall–Kier alpha value is -3.52. The summed E-state index contributed by atoms with van der Waals surface area (Å²) in [4.78, 5) is 25.4. The van der Waals surface area contributed by atoms with Crippen LogP contribution in [-0.2, 0) is 4.79 Å². The first-order valence-corrected chi connectivity index (χ1v) is 11.3. The third-order valence-corrected chi connectivity index (χ3v) is 5.38. The Morgan fingerprint density at radius 2 is 1.74 bits per heavy atom. The quantitative estimate of drug-likeness (QED) is 0.446. The first kappa shape index (κ1) is 25.1. The molecule has 1 aromatic heterocycles. The number of benzene rings is 2. The van der Waals surface area contributed by atoms with E-state index in [4.69, 9.17) is 21.1 Å². The van der Waals surface area contributed by atoms with Gasteiger partial charge in [-0.1, -0.05) is 11.6 Å². The van der Waals surface area contributed by atoms with E-state index >= 15 is 0 Å². The SMILES string of the molecule is COc1cc(C(=O)Nc2ccc(NC(=O)C(C)n3nc(C)cc3C)c(Cl)c2)ccc1OC(C)C. The molecule has 3 aromatic rings. The summed E-state index contributed by atoms with van der Waals surface area (Å²) in [6, 6.07) is 11.3. The number of aryl methyl sites for hydroxylation is 2. The average Bonchev–Trinajstić information content (AvgIpc) is 3.12. The fraction of sp³-hybridized carbons (Fsp3) is 0.320. The van der Waals surface area contributed by atoms with Gasteiger partial charge in [-0.25, -0.2) is 0 Å². The molecule has 8 nitrogen and oxygen atoms in total. The third-order valence-electron chi connectivity index (χ3n) is 5.06. The van der Waals surface area contributed by atoms with Gasteiger partial charge in [0.25, 0.3) is 5.91 Å². The van der Waals surface area contributed by atoms with Crippen molar-refractivity contribution >= 4 is 34.8 Å². The summed E-state index contributed by atoms with van der Waals surface area (Å²) in [7, 11) is 1.52. The summed E-state index contributed by atoms with van der Waals surface area (Å²) < 4.78 is 12.7. The molecule has 0 aliphatic rings. The number of hydrogen-bond donors (Lipinski definition) is 2. The fourth-order valence-corrected chi connectivity index (χ4v) is 3.67. The lowest BCUT2D eigenvalue weighted by Gasteiger charge is -2.16. The smallest absolute Gasteiger partial charge is 0.255 e. The minimum atomic E-state index is -0.512. The van der Waals surface area contributed by atoms with Crippen molar-refractivity contribution in [3.8, 4) is 11.5 Å². The van der Waals surface area contributed by atoms with Gasteiger partial charge in [0.1, 0.15) is 6.04 Å². The Bertz CT molecular complexity index is 1210. The molecule has 0 radical (unpaired) electrons. The van der Waals surface area contributed by atoms with Gasteiger partial charge in [0.15, 0.2) is 11.5 Å². The van der Waals surface area contributed by atoms with Crippen LogP contribution in [0, 0.1) is 13.8 Å². The van der Waals surface area contributed by atoms with Gasteiger partial charge in [0.05, 0.1) is 29.6 Å². The van der Waals surface area contributed by atoms with E-state index in [1.165, 1.54) is 7.11 Å². The van der Waals surface area contributed by atoms with E-state index in [0.29, 0.717) is 33.5 Å². The number of rotatable bonds is 8. The van der Waals surface area contributed by atoms with Crippen molar-refractivity contribution in [2.24, 2.45) is 0 Å². The van der Waals surface area contributed by atoms with E-state index in [9.17, 15) is 9.59 Å². The Morgan fingerprint density at radius 3 is 2.32 bits per heavy atom. The summed E-state index contributed by atoms with van der Waals surface area (Å²) in [5.41, 5.74) is 3.07. The van der Waals surface area contributed by atoms with Gasteiger partial charge in [0.2, 0.25) is 5.91 Å². The Labute approximate surface area is 204 Å². The second kappa shape index (κ2) is 10.6. The molecule has 9 heteroatoms. The minimum absolute atomic E-state index is 0.0228. The zero-order valence-electron chi connectivity index (χ0n) is 20.1. The number of aromatic nitrogens is 2. The molecule has 180 valence electrons. The normalized spacial score (nSPS) is 11.8. The Morgan fingerprint density at radius 1 is 1.00 bits per heavy atom. The molecule has 34 heavy (non-hydrogen) atoms. The van der Waals surface area contributed by atoms with Crippen molar-refractivity contribution in [2.75, 3.05) is 17.7 Å². The van der Waals surface area contributed by atoms with Gasteiger partial charge in [-0.15, -0.1) is 0 Å². The van der Waals surface area contributed by atoms with Crippen molar-refractivity contribution in [1.82, 2.24) is 9.78 Å². The maximum Gasteiger partial charge on any atom is 0.255 e. The monoisotopic (exact) mass is 484 g/mol. The first-order chi connectivity index (χ1) is 16.1. The molecule has 2 amide bonds. The Kier molecular flexibility index (Phi) is 7.83. The molecular weight excluding hydrogens is 456 g/mol. The van der Waals surface area contributed by atoms with E-state index in [2.05, 4.69) is 15.7 Å². The van der Waals surface area contributed by atoms with E-state index in [1.807, 2.05) is 33.8 Å². The largest absolute Gasteiger partial charge is 0.493 e. The highest BCUT2D eigenvalue weighted by molar-refractivity contribution is 6.34. The highest BCUT2D eigenvalue weighted by Crippen LogP contribution is 2.30. The van der Waals surface area contributed by atoms with Crippen molar-refractivity contribution in [1.29, 1.82) is 0 Å². The number of nitrogens with zero attached hydrogens (tertiary/aromatic N) is 2. The van der Waals surface area contributed by atoms with Crippen LogP contribution in [0.15, 0.2) is 42.5 Å². The lowest BCUT2D eigenvalue weighted by Crippen LogP contribution is -2.25. The molecule has 0 bridgehead atoms. The number of methoxy groups -OCH3 is 1. The standard InChI is InChI=1S/C25H29ClN4O4/c1-14(2)34-22-10-7-18(12-23(22)33-6)25(32)27-19-8-9-21(20(26)13-19)28-24(31)17(5)30-16(4)11-15(3)29-30/h7-14,17H,1-6H3,(H,27,32)(H,28,31). The molecule has 1 atom stereocenters. The van der Waals surface area contributed by atoms with Crippen molar-refractivity contribution < 1.29 is 19.1 Å². The molecular formula is C25H29ClN4O4. The molecule has 0 saturated carbocycles. The lowest BCUT2D eigenvalue weighted by atomic mass is 10.1. The van der Waals surface area contributed by atoms with E-state index in [-0.39, 0.29) is 17.9 Å². The number of nitrogens with one attached hydrogen (secondary N) is 2. The van der Waals surface area contributed by atoms with Crippen LogP contribution in [0.4, 0.5) is 11.4 Å². The van der Waals surface area contributed by atoms with E-state index in [0.717, 1.165) is 11.4 Å². The number of amides is 2. The highest BCUT2D eigenvalue weighted by atomic mass is 35.5. The van der Waals surface area contributed by atoms with Crippen LogP contribution in [-0.4, -0.2) is 34.8 Å². The lowest BCUT2D eigenvalue weighted by molar-refractivity contribution is -0.119. The molecule has 1 unspecified atom stereocenters. The first-order valence-electron chi connectivity index (χ1n) is 10.9. The number of anilines is 2. The molecule has 2 N–H and O–H groups in total. The van der Waals surface area contributed by atoms with Gasteiger partial charge < -0.3 is 20.1 Å². The third kappa shape index (κ3) is 5.88. The maximum atomic E-state index is 12.7. The predicted octanol–water partition coefficient (Wildman–Crippen LogP) is 5.40. The molecule has 2 aromatic carbocycles. The summed E-state index contributed by atoms with van der Waals surface area (Å²) in [5.74, 6) is 0.446. The Balaban J connectivity index is 1.69. The van der Waals surface area contributed by atoms with Crippen molar-refractivity contribution in [2.45, 2.75) is 46.8 Å². The number of carbonyl (C=O) groups is 2. The van der Waals surface area contributed by atoms with E-state index < -0.39 is 6.04 Å². The molecule has 0 fully saturated rings. The number of carbonyl (C=O) groups excluding carboxylic acids is 2. The van der Waals surface area contributed by atoms with Crippen LogP contribution < -0.4 is 20.1 Å². The molecule has 0 saturated heterocycles. The molecule has 0 aliphatic carbocycles. The second-order valence-corrected chi connectivity index (χ2v) is 8.63. The highest BCUT2D eigenvalue weighted by Gasteiger charge is 2.19. The van der Waals surface area contributed by atoms with Crippen molar-refractivity contribution in [3.63, 3.8) is 0 Å². The van der Waals surface area contributed by atoms with Crippen LogP contribution in [0.25, 0.3) is 0 Å². The molecule has 0 spiro atoms. The summed E-state index contributed by atoms with van der Waals surface area (Å²) in [6.07, 6.45) is -0.0228. The molecule has 3 rings (SSSR count). The van der Waals surface area contributed by atoms with Gasteiger partial charge >= 0.3 is 0 Å². The van der Waals surface area contributed by atoms with Gasteiger partial charge in [-0.2, -0.15) is 5.10 Å². The van der Waals surface area contributed by atoms with Crippen LogP contribution in [0.2, 0.25) is 5.02 Å². The second-order valence-electron chi connectivity index (χ2n) is 8.22. The van der Waals surface area contributed by atoms with Gasteiger partial charge in [-0.05, 0) is 77.1 Å². The molecule has 1 heterocycles. The van der Waals surface area contributed by atoms with Crippen LogP contribution in [0.1, 0.15) is 48.6 Å². The summed E-state index contributed by atoms with van der Waals surface area (Å²) >= 11 is 6.38. The zero-order chi connectivity index (χ0) is 25.0. The molecule has 0 aliphatic heterocycles. The van der Waals surface area contributed by atoms with Crippen LogP contribution in [0.5, 0.6) is 11.5 Å². The van der Waals surface area contributed by atoms with Crippen LogP contribution >= 0.6 is 11.6 Å². The average molecular weight is 485 g/mol. The van der Waals surface area contributed by atoms with E-state index in [1.54, 1.807) is 48.0 Å². The zero-order valence-corrected chi connectivity index (χ0v) is 20.9. The van der Waals surface area contributed by atoms with Gasteiger partial charge in [-0.3, -0.25) is 14.3 Å².